The molecule has 0 bridgehead atoms. The zero-order valence-electron chi connectivity index (χ0n) is 18.0. The molecule has 7 heteroatoms. The average Bonchev–Trinajstić information content (AvgIpc) is 3.37. The van der Waals surface area contributed by atoms with Crippen LogP contribution in [-0.4, -0.2) is 38.3 Å². The number of carbonyl (C=O) groups excluding carboxylic acids is 1. The van der Waals surface area contributed by atoms with Gasteiger partial charge in [-0.3, -0.25) is 4.79 Å². The van der Waals surface area contributed by atoms with Crippen molar-refractivity contribution in [3.8, 4) is 5.75 Å². The molecule has 0 atom stereocenters. The van der Waals surface area contributed by atoms with Crippen LogP contribution in [0, 0.1) is 0 Å². The zero-order chi connectivity index (χ0) is 22.4. The zero-order valence-corrected chi connectivity index (χ0v) is 18.8. The maximum Gasteiger partial charge on any atom is 0.243 e. The number of fused-ring (bicyclic) bond motifs is 1. The maximum atomic E-state index is 12.6. The molecule has 1 aliphatic heterocycles. The Bertz CT molecular complexity index is 1160. The van der Waals surface area contributed by atoms with Crippen LogP contribution in [0.4, 0.5) is 0 Å². The molecule has 1 amide bonds. The highest BCUT2D eigenvalue weighted by Crippen LogP contribution is 2.25. The molecule has 1 fully saturated rings. The second-order valence-electron chi connectivity index (χ2n) is 7.96. The van der Waals surface area contributed by atoms with Crippen molar-refractivity contribution < 1.29 is 17.9 Å². The van der Waals surface area contributed by atoms with Gasteiger partial charge in [-0.05, 0) is 48.4 Å². The van der Waals surface area contributed by atoms with Gasteiger partial charge in [0.05, 0.1) is 11.5 Å². The van der Waals surface area contributed by atoms with Crippen LogP contribution >= 0.6 is 0 Å². The third-order valence-electron chi connectivity index (χ3n) is 5.67. The summed E-state index contributed by atoms with van der Waals surface area (Å²) >= 11 is 0. The lowest BCUT2D eigenvalue weighted by molar-refractivity contribution is -0.121. The van der Waals surface area contributed by atoms with Crippen molar-refractivity contribution in [1.29, 1.82) is 0 Å². The Labute approximate surface area is 189 Å². The van der Waals surface area contributed by atoms with E-state index in [-0.39, 0.29) is 5.91 Å². The van der Waals surface area contributed by atoms with Crippen molar-refractivity contribution in [2.24, 2.45) is 0 Å². The van der Waals surface area contributed by atoms with Gasteiger partial charge >= 0.3 is 0 Å². The maximum absolute atomic E-state index is 12.6. The van der Waals surface area contributed by atoms with Gasteiger partial charge in [0, 0.05) is 31.4 Å². The molecule has 168 valence electrons. The van der Waals surface area contributed by atoms with Crippen LogP contribution in [0.3, 0.4) is 0 Å². The van der Waals surface area contributed by atoms with Crippen LogP contribution in [0.5, 0.6) is 5.75 Å². The highest BCUT2D eigenvalue weighted by molar-refractivity contribution is 7.89. The normalized spacial score (nSPS) is 14.5. The molecule has 0 saturated carbocycles. The molecule has 0 aliphatic carbocycles. The van der Waals surface area contributed by atoms with Crippen LogP contribution < -0.4 is 10.1 Å². The van der Waals surface area contributed by atoms with Crippen LogP contribution in [0.25, 0.3) is 10.8 Å². The molecule has 3 aromatic carbocycles. The number of rotatable bonds is 9. The number of ether oxygens (including phenoxy) is 1. The first-order valence-corrected chi connectivity index (χ1v) is 12.4. The fourth-order valence-corrected chi connectivity index (χ4v) is 5.40. The molecule has 1 aliphatic rings. The lowest BCUT2D eigenvalue weighted by atomic mass is 10.1. The number of nitrogens with one attached hydrogen (secondary N) is 1. The Morgan fingerprint density at radius 3 is 2.44 bits per heavy atom. The van der Waals surface area contributed by atoms with Crippen molar-refractivity contribution in [1.82, 2.24) is 9.62 Å². The second-order valence-corrected chi connectivity index (χ2v) is 9.90. The SMILES string of the molecule is O=C(CCCOc1cccc2ccccc12)NCc1ccc(S(=O)(=O)N2CCCC2)cc1. The molecule has 0 aromatic heterocycles. The smallest absolute Gasteiger partial charge is 0.243 e. The van der Waals surface area contributed by atoms with Crippen LogP contribution in [0.15, 0.2) is 71.6 Å². The summed E-state index contributed by atoms with van der Waals surface area (Å²) in [5.41, 5.74) is 0.866. The van der Waals surface area contributed by atoms with Gasteiger partial charge in [0.25, 0.3) is 0 Å². The quantitative estimate of drug-likeness (QED) is 0.496. The van der Waals surface area contributed by atoms with E-state index < -0.39 is 10.0 Å². The van der Waals surface area contributed by atoms with Crippen LogP contribution in [0.2, 0.25) is 0 Å². The Kier molecular flexibility index (Phi) is 7.07. The molecule has 32 heavy (non-hydrogen) atoms. The molecule has 1 heterocycles. The molecular formula is C25H28N2O4S. The van der Waals surface area contributed by atoms with E-state index >= 15 is 0 Å². The Hall–Kier alpha value is -2.90. The number of carbonyl (C=O) groups is 1. The van der Waals surface area contributed by atoms with Gasteiger partial charge in [0.2, 0.25) is 15.9 Å². The minimum absolute atomic E-state index is 0.0553. The summed E-state index contributed by atoms with van der Waals surface area (Å²) in [5.74, 6) is 0.771. The largest absolute Gasteiger partial charge is 0.493 e. The van der Waals surface area contributed by atoms with Crippen molar-refractivity contribution in [2.75, 3.05) is 19.7 Å². The lowest BCUT2D eigenvalue weighted by Crippen LogP contribution is -2.28. The number of sulfonamides is 1. The van der Waals surface area contributed by atoms with Crippen LogP contribution in [-0.2, 0) is 21.4 Å². The van der Waals surface area contributed by atoms with Crippen molar-refractivity contribution in [2.45, 2.75) is 37.1 Å². The molecule has 0 radical (unpaired) electrons. The molecule has 3 aromatic rings. The van der Waals surface area contributed by atoms with Gasteiger partial charge < -0.3 is 10.1 Å². The molecule has 6 nitrogen and oxygen atoms in total. The standard InChI is InChI=1S/C25H28N2O4S/c28-25(11-6-18-31-24-10-5-8-21-7-1-2-9-23(21)24)26-19-20-12-14-22(15-13-20)32(29,30)27-16-3-4-17-27/h1-2,5,7-10,12-15H,3-4,6,11,16-19H2,(H,26,28). The molecule has 0 spiro atoms. The summed E-state index contributed by atoms with van der Waals surface area (Å²) < 4.78 is 32.6. The van der Waals surface area contributed by atoms with E-state index in [0.29, 0.717) is 44.0 Å². The number of hydrogen-bond donors (Lipinski definition) is 1. The number of benzene rings is 3. The topological polar surface area (TPSA) is 75.7 Å². The molecule has 4 rings (SSSR count). The van der Waals surface area contributed by atoms with Crippen molar-refractivity contribution >= 4 is 26.7 Å². The van der Waals surface area contributed by atoms with E-state index in [4.69, 9.17) is 4.74 Å². The van der Waals surface area contributed by atoms with Gasteiger partial charge in [0.1, 0.15) is 5.75 Å². The lowest BCUT2D eigenvalue weighted by Gasteiger charge is -2.15. The van der Waals surface area contributed by atoms with Gasteiger partial charge in [-0.15, -0.1) is 0 Å². The Morgan fingerprint density at radius 1 is 0.938 bits per heavy atom. The van der Waals surface area contributed by atoms with Gasteiger partial charge in [-0.25, -0.2) is 8.42 Å². The third-order valence-corrected chi connectivity index (χ3v) is 7.58. The van der Waals surface area contributed by atoms with E-state index in [0.717, 1.165) is 34.9 Å². The second kappa shape index (κ2) is 10.1. The summed E-state index contributed by atoms with van der Waals surface area (Å²) in [6.45, 7) is 2.01. The van der Waals surface area contributed by atoms with E-state index in [1.54, 1.807) is 24.3 Å². The highest BCUT2D eigenvalue weighted by Gasteiger charge is 2.26. The Balaban J connectivity index is 1.21. The van der Waals surface area contributed by atoms with E-state index in [9.17, 15) is 13.2 Å². The van der Waals surface area contributed by atoms with Crippen LogP contribution in [0.1, 0.15) is 31.2 Å². The predicted octanol–water partition coefficient (Wildman–Crippen LogP) is 4.10. The van der Waals surface area contributed by atoms with E-state index in [2.05, 4.69) is 5.32 Å². The first-order valence-electron chi connectivity index (χ1n) is 11.0. The Morgan fingerprint density at radius 2 is 1.66 bits per heavy atom. The van der Waals surface area contributed by atoms with Gasteiger partial charge in [0.15, 0.2) is 0 Å². The van der Waals surface area contributed by atoms with Gasteiger partial charge in [-0.1, -0.05) is 48.5 Å². The minimum Gasteiger partial charge on any atom is -0.493 e. The fourth-order valence-electron chi connectivity index (χ4n) is 3.88. The number of amides is 1. The molecular weight excluding hydrogens is 424 g/mol. The van der Waals surface area contributed by atoms with Crippen molar-refractivity contribution in [3.63, 3.8) is 0 Å². The molecule has 0 unspecified atom stereocenters. The minimum atomic E-state index is -3.41. The van der Waals surface area contributed by atoms with Gasteiger partial charge in [-0.2, -0.15) is 4.31 Å². The number of nitrogens with zero attached hydrogens (tertiary/aromatic N) is 1. The third kappa shape index (κ3) is 5.29. The summed E-state index contributed by atoms with van der Waals surface area (Å²) in [4.78, 5) is 12.5. The molecule has 1 N–H and O–H groups in total. The monoisotopic (exact) mass is 452 g/mol. The summed E-state index contributed by atoms with van der Waals surface area (Å²) in [6.07, 6.45) is 2.81. The molecule has 1 saturated heterocycles. The summed E-state index contributed by atoms with van der Waals surface area (Å²) in [6, 6.07) is 20.8. The van der Waals surface area contributed by atoms with Crippen molar-refractivity contribution in [3.05, 3.63) is 72.3 Å². The summed E-state index contributed by atoms with van der Waals surface area (Å²) in [7, 11) is -3.41. The first-order chi connectivity index (χ1) is 15.5. The highest BCUT2D eigenvalue weighted by atomic mass is 32.2. The first kappa shape index (κ1) is 22.3. The summed E-state index contributed by atoms with van der Waals surface area (Å²) in [5, 5.41) is 5.08. The van der Waals surface area contributed by atoms with E-state index in [1.807, 2.05) is 42.5 Å². The van der Waals surface area contributed by atoms with E-state index in [1.165, 1.54) is 4.31 Å². The predicted molar refractivity (Wildman–Crippen MR) is 125 cm³/mol. The fraction of sp³-hybridized carbons (Fsp3) is 0.320. The average molecular weight is 453 g/mol. The number of hydrogen-bond acceptors (Lipinski definition) is 4.